The Morgan fingerprint density at radius 3 is 1.50 bits per heavy atom. The maximum Gasteiger partial charge on any atom is 0.355 e. The zero-order chi connectivity index (χ0) is 14.0. The lowest BCUT2D eigenvalue weighted by molar-refractivity contribution is -0.143. The number of thiocarbonyl (C=S) groups is 2. The fourth-order valence-electron chi connectivity index (χ4n) is 0.767. The summed E-state index contributed by atoms with van der Waals surface area (Å²) in [5.74, 6) is 0.313. The van der Waals surface area contributed by atoms with Crippen molar-refractivity contribution in [3.63, 3.8) is 0 Å². The predicted octanol–water partition coefficient (Wildman–Crippen LogP) is 2.23. The Labute approximate surface area is 126 Å². The van der Waals surface area contributed by atoms with Gasteiger partial charge in [0.1, 0.15) is 13.2 Å². The monoisotopic (exact) mass is 326 g/mol. The molecule has 0 fully saturated rings. The Bertz CT molecular complexity index is 298. The molecule has 0 aliphatic carbocycles. The van der Waals surface area contributed by atoms with Crippen molar-refractivity contribution >= 4 is 68.3 Å². The Morgan fingerprint density at radius 1 is 0.889 bits per heavy atom. The van der Waals surface area contributed by atoms with Gasteiger partial charge in [-0.1, -0.05) is 38.3 Å². The summed E-state index contributed by atoms with van der Waals surface area (Å²) in [4.78, 5) is 22.5. The summed E-state index contributed by atoms with van der Waals surface area (Å²) in [5, 5.41) is 0. The number of esters is 2. The Balaban J connectivity index is 3.73. The van der Waals surface area contributed by atoms with Gasteiger partial charge in [0.25, 0.3) is 0 Å². The fraction of sp³-hybridized carbons (Fsp3) is 0.600. The van der Waals surface area contributed by atoms with Crippen molar-refractivity contribution in [2.45, 2.75) is 13.8 Å². The van der Waals surface area contributed by atoms with Crippen LogP contribution in [0.1, 0.15) is 13.8 Å². The average Bonchev–Trinajstić information content (AvgIpc) is 2.34. The van der Waals surface area contributed by atoms with E-state index < -0.39 is 11.9 Å². The van der Waals surface area contributed by atoms with Crippen LogP contribution in [0.5, 0.6) is 0 Å². The van der Waals surface area contributed by atoms with Crippen LogP contribution in [0, 0.1) is 0 Å². The van der Waals surface area contributed by atoms with Crippen LogP contribution in [0.25, 0.3) is 0 Å². The first-order chi connectivity index (χ1) is 8.52. The number of hydrogen-bond donors (Lipinski definition) is 0. The van der Waals surface area contributed by atoms with Gasteiger partial charge in [-0.3, -0.25) is 0 Å². The van der Waals surface area contributed by atoms with Crippen molar-refractivity contribution in [1.82, 2.24) is 0 Å². The van der Waals surface area contributed by atoms with Gasteiger partial charge in [-0.25, -0.2) is 9.59 Å². The van der Waals surface area contributed by atoms with Gasteiger partial charge >= 0.3 is 11.9 Å². The van der Waals surface area contributed by atoms with Crippen molar-refractivity contribution in [3.8, 4) is 0 Å². The van der Waals surface area contributed by atoms with Crippen LogP contribution in [0.2, 0.25) is 0 Å². The molecule has 0 amide bonds. The highest BCUT2D eigenvalue weighted by molar-refractivity contribution is 8.25. The molecule has 0 heterocycles. The molecule has 0 radical (unpaired) electrons. The van der Waals surface area contributed by atoms with E-state index in [0.29, 0.717) is 11.5 Å². The van der Waals surface area contributed by atoms with Gasteiger partial charge in [-0.2, -0.15) is 0 Å². The highest BCUT2D eigenvalue weighted by Crippen LogP contribution is 2.06. The molecule has 0 bridgehead atoms. The minimum atomic E-state index is -0.557. The molecule has 0 saturated heterocycles. The van der Waals surface area contributed by atoms with Crippen molar-refractivity contribution in [2.24, 2.45) is 0 Å². The van der Waals surface area contributed by atoms with Gasteiger partial charge in [-0.15, -0.1) is 23.5 Å². The molecule has 0 aliphatic rings. The van der Waals surface area contributed by atoms with Gasteiger partial charge in [0, 0.05) is 0 Å². The van der Waals surface area contributed by atoms with Crippen LogP contribution in [0.15, 0.2) is 0 Å². The van der Waals surface area contributed by atoms with Crippen molar-refractivity contribution in [1.29, 1.82) is 0 Å². The van der Waals surface area contributed by atoms with Gasteiger partial charge in [0.2, 0.25) is 0 Å². The van der Waals surface area contributed by atoms with Gasteiger partial charge < -0.3 is 9.47 Å². The van der Waals surface area contributed by atoms with E-state index in [1.54, 1.807) is 0 Å². The van der Waals surface area contributed by atoms with E-state index in [1.165, 1.54) is 23.5 Å². The SMILES string of the molecule is CCSC(=S)C(=O)OCCOC(=O)C(=S)SCC. The maximum absolute atomic E-state index is 11.3. The van der Waals surface area contributed by atoms with Gasteiger partial charge in [-0.05, 0) is 11.5 Å². The average molecular weight is 326 g/mol. The Morgan fingerprint density at radius 2 is 1.22 bits per heavy atom. The molecule has 0 saturated carbocycles. The highest BCUT2D eigenvalue weighted by atomic mass is 32.2. The normalized spacial score (nSPS) is 9.67. The van der Waals surface area contributed by atoms with E-state index in [0.717, 1.165) is 0 Å². The zero-order valence-corrected chi connectivity index (χ0v) is 13.4. The number of thioether (sulfide) groups is 2. The van der Waals surface area contributed by atoms with Crippen molar-refractivity contribution < 1.29 is 19.1 Å². The molecule has 0 aliphatic heterocycles. The largest absolute Gasteiger partial charge is 0.457 e. The number of carbonyl (C=O) groups excluding carboxylic acids is 2. The fourth-order valence-corrected chi connectivity index (χ4v) is 2.47. The molecular formula is C10H14O4S4. The zero-order valence-electron chi connectivity index (χ0n) is 10.1. The van der Waals surface area contributed by atoms with E-state index >= 15 is 0 Å². The van der Waals surface area contributed by atoms with Crippen LogP contribution >= 0.6 is 48.0 Å². The van der Waals surface area contributed by atoms with E-state index in [-0.39, 0.29) is 21.6 Å². The third-order valence-corrected chi connectivity index (χ3v) is 3.91. The minimum absolute atomic E-state index is 0.0195. The molecule has 0 spiro atoms. The summed E-state index contributed by atoms with van der Waals surface area (Å²) < 4.78 is 10.00. The van der Waals surface area contributed by atoms with E-state index in [9.17, 15) is 9.59 Å². The summed E-state index contributed by atoms with van der Waals surface area (Å²) in [5.41, 5.74) is 0. The molecule has 0 aromatic carbocycles. The van der Waals surface area contributed by atoms with Crippen LogP contribution in [0.4, 0.5) is 0 Å². The van der Waals surface area contributed by atoms with E-state index in [1.807, 2.05) is 13.8 Å². The Hall–Kier alpha value is -0.180. The summed E-state index contributed by atoms with van der Waals surface area (Å²) >= 11 is 12.1. The number of ether oxygens (including phenoxy) is 2. The first-order valence-electron chi connectivity index (χ1n) is 5.20. The molecule has 0 aromatic heterocycles. The number of hydrogen-bond acceptors (Lipinski definition) is 8. The number of rotatable bonds is 5. The van der Waals surface area contributed by atoms with E-state index in [2.05, 4.69) is 0 Å². The molecular weight excluding hydrogens is 312 g/mol. The highest BCUT2D eigenvalue weighted by Gasteiger charge is 2.12. The molecule has 0 N–H and O–H groups in total. The van der Waals surface area contributed by atoms with Gasteiger partial charge in [0.05, 0.1) is 0 Å². The van der Waals surface area contributed by atoms with E-state index in [4.69, 9.17) is 33.9 Å². The van der Waals surface area contributed by atoms with Crippen molar-refractivity contribution in [3.05, 3.63) is 0 Å². The minimum Gasteiger partial charge on any atom is -0.457 e. The topological polar surface area (TPSA) is 52.6 Å². The lowest BCUT2D eigenvalue weighted by Crippen LogP contribution is -2.19. The molecule has 0 unspecified atom stereocenters. The van der Waals surface area contributed by atoms with Crippen LogP contribution in [-0.4, -0.2) is 45.1 Å². The third kappa shape index (κ3) is 8.02. The first kappa shape index (κ1) is 17.8. The van der Waals surface area contributed by atoms with Crippen LogP contribution < -0.4 is 0 Å². The van der Waals surface area contributed by atoms with Crippen molar-refractivity contribution in [2.75, 3.05) is 24.7 Å². The molecule has 0 atom stereocenters. The maximum atomic E-state index is 11.3. The van der Waals surface area contributed by atoms with Gasteiger partial charge in [0.15, 0.2) is 8.39 Å². The second-order valence-electron chi connectivity index (χ2n) is 2.71. The molecule has 102 valence electrons. The summed E-state index contributed by atoms with van der Waals surface area (Å²) in [6, 6.07) is 0. The van der Waals surface area contributed by atoms with Crippen LogP contribution in [-0.2, 0) is 19.1 Å². The summed E-state index contributed by atoms with van der Waals surface area (Å²) in [7, 11) is 0. The molecule has 4 nitrogen and oxygen atoms in total. The standard InChI is InChI=1S/C10H14O4S4/c1-3-17-9(15)7(11)13-5-6-14-8(12)10(16)18-4-2/h3-6H2,1-2H3. The molecule has 0 aromatic rings. The number of carbonyl (C=O) groups is 2. The lowest BCUT2D eigenvalue weighted by Gasteiger charge is -2.06. The summed E-state index contributed by atoms with van der Waals surface area (Å²) in [6.45, 7) is 3.74. The molecule has 18 heavy (non-hydrogen) atoms. The summed E-state index contributed by atoms with van der Waals surface area (Å²) in [6.07, 6.45) is 0. The predicted molar refractivity (Wildman–Crippen MR) is 83.4 cm³/mol. The molecule has 8 heteroatoms. The smallest absolute Gasteiger partial charge is 0.355 e. The second-order valence-corrected chi connectivity index (χ2v) is 6.59. The third-order valence-electron chi connectivity index (χ3n) is 1.43. The molecule has 0 rings (SSSR count). The first-order valence-corrected chi connectivity index (χ1v) is 7.99. The lowest BCUT2D eigenvalue weighted by atomic mass is 10.7. The Kier molecular flexibility index (Phi) is 10.6. The quantitative estimate of drug-likeness (QED) is 0.433. The second kappa shape index (κ2) is 10.7. The van der Waals surface area contributed by atoms with Crippen LogP contribution in [0.3, 0.4) is 0 Å².